The molecular formula is C16H18F3N. The summed E-state index contributed by atoms with van der Waals surface area (Å²) in [5, 5.41) is 3.39. The molecule has 1 aromatic rings. The Morgan fingerprint density at radius 3 is 2.35 bits per heavy atom. The topological polar surface area (TPSA) is 12.0 Å². The molecule has 0 saturated heterocycles. The van der Waals surface area contributed by atoms with Crippen LogP contribution in [-0.4, -0.2) is 6.04 Å². The third-order valence-corrected chi connectivity index (χ3v) is 5.59. The van der Waals surface area contributed by atoms with E-state index in [1.54, 1.807) is 12.1 Å². The van der Waals surface area contributed by atoms with E-state index in [1.165, 1.54) is 31.4 Å². The van der Waals surface area contributed by atoms with Crippen LogP contribution in [0, 0.1) is 23.7 Å². The van der Waals surface area contributed by atoms with E-state index in [2.05, 4.69) is 5.32 Å². The highest BCUT2D eigenvalue weighted by atomic mass is 19.4. The molecule has 0 aromatic heterocycles. The normalized spacial score (nSPS) is 38.0. The molecule has 3 fully saturated rings. The fraction of sp³-hybridized carbons (Fsp3) is 0.625. The number of nitrogens with one attached hydrogen (secondary N) is 1. The van der Waals surface area contributed by atoms with Crippen molar-refractivity contribution in [2.75, 3.05) is 0 Å². The molecule has 4 unspecified atom stereocenters. The molecule has 1 nitrogen and oxygen atoms in total. The molecule has 0 amide bonds. The first-order valence-corrected chi connectivity index (χ1v) is 7.44. The Balaban J connectivity index is 1.44. The van der Waals surface area contributed by atoms with Crippen molar-refractivity contribution in [1.82, 2.24) is 5.32 Å². The quantitative estimate of drug-likeness (QED) is 0.887. The van der Waals surface area contributed by atoms with Gasteiger partial charge in [-0.15, -0.1) is 0 Å². The molecule has 0 aliphatic heterocycles. The predicted octanol–water partition coefficient (Wildman–Crippen LogP) is 3.84. The first kappa shape index (κ1) is 12.7. The molecule has 20 heavy (non-hydrogen) atoms. The number of benzene rings is 1. The zero-order chi connectivity index (χ0) is 13.9. The lowest BCUT2D eigenvalue weighted by Gasteiger charge is -2.15. The third-order valence-electron chi connectivity index (χ3n) is 5.59. The Hall–Kier alpha value is -1.03. The van der Waals surface area contributed by atoms with Crippen LogP contribution < -0.4 is 5.32 Å². The van der Waals surface area contributed by atoms with Crippen molar-refractivity contribution < 1.29 is 13.2 Å². The van der Waals surface area contributed by atoms with E-state index in [0.717, 1.165) is 23.7 Å². The van der Waals surface area contributed by atoms with Gasteiger partial charge in [0.25, 0.3) is 0 Å². The first-order chi connectivity index (χ1) is 9.55. The fourth-order valence-electron chi connectivity index (χ4n) is 4.78. The van der Waals surface area contributed by atoms with Crippen molar-refractivity contribution in [3.05, 3.63) is 35.4 Å². The minimum atomic E-state index is -4.25. The number of hydrogen-bond acceptors (Lipinski definition) is 1. The molecule has 3 aliphatic carbocycles. The minimum Gasteiger partial charge on any atom is -0.309 e. The average molecular weight is 281 g/mol. The highest BCUT2D eigenvalue weighted by Crippen LogP contribution is 2.65. The van der Waals surface area contributed by atoms with E-state index < -0.39 is 11.7 Å². The average Bonchev–Trinajstić information content (AvgIpc) is 2.78. The monoisotopic (exact) mass is 281 g/mol. The van der Waals surface area contributed by atoms with Crippen LogP contribution in [0.3, 0.4) is 0 Å². The van der Waals surface area contributed by atoms with Crippen LogP contribution in [0.5, 0.6) is 0 Å². The largest absolute Gasteiger partial charge is 0.416 e. The maximum atomic E-state index is 12.9. The van der Waals surface area contributed by atoms with Crippen molar-refractivity contribution in [2.24, 2.45) is 23.7 Å². The highest BCUT2D eigenvalue weighted by molar-refractivity contribution is 5.30. The maximum Gasteiger partial charge on any atom is 0.416 e. The van der Waals surface area contributed by atoms with Crippen LogP contribution in [0.1, 0.15) is 30.4 Å². The molecule has 3 saturated carbocycles. The van der Waals surface area contributed by atoms with Gasteiger partial charge in [0.05, 0.1) is 5.56 Å². The third kappa shape index (κ3) is 1.88. The number of rotatable bonds is 3. The minimum absolute atomic E-state index is 0.340. The molecule has 1 N–H and O–H groups in total. The maximum absolute atomic E-state index is 12.9. The number of hydrogen-bond donors (Lipinski definition) is 1. The van der Waals surface area contributed by atoms with E-state index in [1.807, 2.05) is 0 Å². The standard InChI is InChI=1S/C16H18F3N/c17-16(18,19)12-4-2-1-3-11(12)8-20-15-13-9-5-6-10(7-9)14(13)15/h1-4,9-10,13-15,20H,5-8H2. The summed E-state index contributed by atoms with van der Waals surface area (Å²) in [6, 6.07) is 6.38. The van der Waals surface area contributed by atoms with E-state index in [4.69, 9.17) is 0 Å². The van der Waals surface area contributed by atoms with Crippen molar-refractivity contribution in [2.45, 2.75) is 38.0 Å². The summed E-state index contributed by atoms with van der Waals surface area (Å²) in [6.07, 6.45) is -0.213. The Labute approximate surface area is 116 Å². The zero-order valence-corrected chi connectivity index (χ0v) is 11.2. The summed E-state index contributed by atoms with van der Waals surface area (Å²) in [7, 11) is 0. The van der Waals surface area contributed by atoms with Gasteiger partial charge in [-0.1, -0.05) is 18.2 Å². The second kappa shape index (κ2) is 4.23. The summed E-state index contributed by atoms with van der Waals surface area (Å²) in [4.78, 5) is 0. The second-order valence-electron chi connectivity index (χ2n) is 6.55. The lowest BCUT2D eigenvalue weighted by molar-refractivity contribution is -0.138. The molecular weight excluding hydrogens is 263 g/mol. The predicted molar refractivity (Wildman–Crippen MR) is 69.9 cm³/mol. The highest BCUT2D eigenvalue weighted by Gasteiger charge is 2.64. The summed E-state index contributed by atoms with van der Waals surface area (Å²) in [5.74, 6) is 3.21. The van der Waals surface area contributed by atoms with Gasteiger partial charge < -0.3 is 5.32 Å². The molecule has 4 atom stereocenters. The van der Waals surface area contributed by atoms with Crippen LogP contribution in [0.2, 0.25) is 0 Å². The van der Waals surface area contributed by atoms with Gasteiger partial charge >= 0.3 is 6.18 Å². The smallest absolute Gasteiger partial charge is 0.309 e. The van der Waals surface area contributed by atoms with E-state index in [9.17, 15) is 13.2 Å². The molecule has 0 spiro atoms. The van der Waals surface area contributed by atoms with Gasteiger partial charge in [0, 0.05) is 12.6 Å². The summed E-state index contributed by atoms with van der Waals surface area (Å²) < 4.78 is 38.8. The van der Waals surface area contributed by atoms with Gasteiger partial charge in [-0.25, -0.2) is 0 Å². The van der Waals surface area contributed by atoms with E-state index in [-0.39, 0.29) is 0 Å². The Kier molecular flexibility index (Phi) is 2.69. The molecule has 3 aliphatic rings. The SMILES string of the molecule is FC(F)(F)c1ccccc1CNC1C2C3CCC(C3)C12. The molecule has 4 heteroatoms. The first-order valence-electron chi connectivity index (χ1n) is 7.44. The molecule has 0 radical (unpaired) electrons. The van der Waals surface area contributed by atoms with Crippen LogP contribution in [-0.2, 0) is 12.7 Å². The van der Waals surface area contributed by atoms with Crippen molar-refractivity contribution in [3.8, 4) is 0 Å². The Morgan fingerprint density at radius 1 is 1.05 bits per heavy atom. The van der Waals surface area contributed by atoms with Gasteiger partial charge in [-0.2, -0.15) is 13.2 Å². The Bertz CT molecular complexity index is 509. The fourth-order valence-corrected chi connectivity index (χ4v) is 4.78. The van der Waals surface area contributed by atoms with Crippen molar-refractivity contribution in [1.29, 1.82) is 0 Å². The van der Waals surface area contributed by atoms with Crippen LogP contribution >= 0.6 is 0 Å². The zero-order valence-electron chi connectivity index (χ0n) is 11.2. The number of fused-ring (bicyclic) bond motifs is 5. The van der Waals surface area contributed by atoms with Crippen LogP contribution in [0.15, 0.2) is 24.3 Å². The van der Waals surface area contributed by atoms with Gasteiger partial charge in [0.15, 0.2) is 0 Å². The van der Waals surface area contributed by atoms with E-state index >= 15 is 0 Å². The lowest BCUT2D eigenvalue weighted by atomic mass is 10.0. The van der Waals surface area contributed by atoms with Gasteiger partial charge in [-0.3, -0.25) is 0 Å². The van der Waals surface area contributed by atoms with Crippen LogP contribution in [0.25, 0.3) is 0 Å². The van der Waals surface area contributed by atoms with Gasteiger partial charge in [0.1, 0.15) is 0 Å². The van der Waals surface area contributed by atoms with Crippen molar-refractivity contribution in [3.63, 3.8) is 0 Å². The second-order valence-corrected chi connectivity index (χ2v) is 6.55. The van der Waals surface area contributed by atoms with Gasteiger partial charge in [-0.05, 0) is 54.6 Å². The molecule has 1 aromatic carbocycles. The summed E-state index contributed by atoms with van der Waals surface area (Å²) in [6.45, 7) is 0.340. The number of halogens is 3. The molecule has 0 heterocycles. The molecule has 2 bridgehead atoms. The number of alkyl halides is 3. The van der Waals surface area contributed by atoms with E-state index in [0.29, 0.717) is 18.2 Å². The summed E-state index contributed by atoms with van der Waals surface area (Å²) >= 11 is 0. The summed E-state index contributed by atoms with van der Waals surface area (Å²) in [5.41, 5.74) is -0.126. The molecule has 4 rings (SSSR count). The van der Waals surface area contributed by atoms with Gasteiger partial charge in [0.2, 0.25) is 0 Å². The van der Waals surface area contributed by atoms with Crippen molar-refractivity contribution >= 4 is 0 Å². The Morgan fingerprint density at radius 2 is 1.70 bits per heavy atom. The van der Waals surface area contributed by atoms with Crippen LogP contribution in [0.4, 0.5) is 13.2 Å². The lowest BCUT2D eigenvalue weighted by Crippen LogP contribution is -2.24. The molecule has 108 valence electrons.